The van der Waals surface area contributed by atoms with Crippen LogP contribution < -0.4 is 4.90 Å². The van der Waals surface area contributed by atoms with Crippen molar-refractivity contribution in [2.24, 2.45) is 0 Å². The van der Waals surface area contributed by atoms with E-state index in [0.717, 1.165) is 32.1 Å². The second kappa shape index (κ2) is 9.16. The SMILES string of the molecule is CCSc1ccccc1C(=O)N(Cc1ccccn1)c1nc2c(C)cc(Cl)cc2s1. The van der Waals surface area contributed by atoms with Crippen molar-refractivity contribution in [1.29, 1.82) is 0 Å². The number of thioether (sulfide) groups is 1. The Bertz CT molecular complexity index is 1190. The van der Waals surface area contributed by atoms with E-state index in [4.69, 9.17) is 16.6 Å². The van der Waals surface area contributed by atoms with Crippen molar-refractivity contribution in [3.63, 3.8) is 0 Å². The lowest BCUT2D eigenvalue weighted by molar-refractivity contribution is 0.0982. The summed E-state index contributed by atoms with van der Waals surface area (Å²) in [6.07, 6.45) is 1.74. The molecule has 0 radical (unpaired) electrons. The number of fused-ring (bicyclic) bond motifs is 1. The summed E-state index contributed by atoms with van der Waals surface area (Å²) in [5.74, 6) is 0.809. The van der Waals surface area contributed by atoms with Gasteiger partial charge >= 0.3 is 0 Å². The number of pyridine rings is 1. The molecule has 0 saturated heterocycles. The number of carbonyl (C=O) groups is 1. The highest BCUT2D eigenvalue weighted by Crippen LogP contribution is 2.35. The zero-order valence-corrected chi connectivity index (χ0v) is 19.0. The molecule has 0 aliphatic carbocycles. The zero-order valence-electron chi connectivity index (χ0n) is 16.6. The Kier molecular flexibility index (Phi) is 6.37. The van der Waals surface area contributed by atoms with Crippen LogP contribution in [0.3, 0.4) is 0 Å². The third kappa shape index (κ3) is 4.36. The largest absolute Gasteiger partial charge is 0.278 e. The second-order valence-corrected chi connectivity index (χ2v) is 9.46. The standard InChI is InChI=1S/C23H20ClN3OS2/c1-3-29-19-10-5-4-9-18(19)22(28)27(14-17-8-6-7-11-25-17)23-26-21-15(2)12-16(24)13-20(21)30-23/h4-13H,3,14H2,1-2H3. The number of aryl methyl sites for hydroxylation is 1. The van der Waals surface area contributed by atoms with Crippen LogP contribution in [0.2, 0.25) is 5.02 Å². The minimum absolute atomic E-state index is 0.0833. The number of amides is 1. The number of thiazole rings is 1. The normalized spacial score (nSPS) is 11.0. The fourth-order valence-corrected chi connectivity index (χ4v) is 5.42. The lowest BCUT2D eigenvalue weighted by Gasteiger charge is -2.21. The smallest absolute Gasteiger partial charge is 0.261 e. The van der Waals surface area contributed by atoms with Gasteiger partial charge in [0.05, 0.1) is 28.0 Å². The van der Waals surface area contributed by atoms with Crippen molar-refractivity contribution < 1.29 is 4.79 Å². The van der Waals surface area contributed by atoms with Crippen molar-refractivity contribution in [2.75, 3.05) is 10.7 Å². The fourth-order valence-electron chi connectivity index (χ4n) is 3.21. The van der Waals surface area contributed by atoms with E-state index in [0.29, 0.717) is 22.3 Å². The van der Waals surface area contributed by atoms with Crippen molar-refractivity contribution in [1.82, 2.24) is 9.97 Å². The number of hydrogen-bond donors (Lipinski definition) is 0. The summed E-state index contributed by atoms with van der Waals surface area (Å²) < 4.78 is 0.963. The highest BCUT2D eigenvalue weighted by Gasteiger charge is 2.24. The van der Waals surface area contributed by atoms with Crippen molar-refractivity contribution >= 4 is 56.0 Å². The topological polar surface area (TPSA) is 46.1 Å². The molecular formula is C23H20ClN3OS2. The van der Waals surface area contributed by atoms with Crippen LogP contribution in [-0.2, 0) is 6.54 Å². The molecule has 4 aromatic rings. The van der Waals surface area contributed by atoms with Crippen molar-refractivity contribution in [3.05, 3.63) is 82.6 Å². The molecule has 0 unspecified atom stereocenters. The maximum atomic E-state index is 13.7. The molecule has 0 N–H and O–H groups in total. The molecule has 0 atom stereocenters. The number of nitrogens with zero attached hydrogens (tertiary/aromatic N) is 3. The predicted molar refractivity (Wildman–Crippen MR) is 127 cm³/mol. The van der Waals surface area contributed by atoms with Crippen LogP contribution in [0.15, 0.2) is 65.7 Å². The minimum Gasteiger partial charge on any atom is -0.278 e. The number of rotatable bonds is 6. The van der Waals surface area contributed by atoms with Crippen LogP contribution in [0.4, 0.5) is 5.13 Å². The summed E-state index contributed by atoms with van der Waals surface area (Å²) in [7, 11) is 0. The van der Waals surface area contributed by atoms with E-state index in [1.54, 1.807) is 22.9 Å². The molecule has 0 spiro atoms. The van der Waals surface area contributed by atoms with Gasteiger partial charge in [-0.25, -0.2) is 4.98 Å². The Morgan fingerprint density at radius 2 is 1.97 bits per heavy atom. The van der Waals surface area contributed by atoms with E-state index in [1.807, 2.05) is 61.5 Å². The van der Waals surface area contributed by atoms with Crippen LogP contribution in [0.1, 0.15) is 28.5 Å². The summed E-state index contributed by atoms with van der Waals surface area (Å²) in [4.78, 5) is 25.6. The Morgan fingerprint density at radius 3 is 2.73 bits per heavy atom. The summed E-state index contributed by atoms with van der Waals surface area (Å²) in [5, 5.41) is 1.31. The minimum atomic E-state index is -0.0833. The maximum absolute atomic E-state index is 13.7. The summed E-state index contributed by atoms with van der Waals surface area (Å²) in [6, 6.07) is 17.2. The molecule has 2 aromatic heterocycles. The Labute approximate surface area is 188 Å². The van der Waals surface area contributed by atoms with Crippen LogP contribution in [0.25, 0.3) is 10.2 Å². The van der Waals surface area contributed by atoms with E-state index >= 15 is 0 Å². The van der Waals surface area contributed by atoms with Gasteiger partial charge in [-0.05, 0) is 54.6 Å². The van der Waals surface area contributed by atoms with Gasteiger partial charge in [-0.2, -0.15) is 0 Å². The number of aromatic nitrogens is 2. The molecule has 4 rings (SSSR count). The number of carbonyl (C=O) groups excluding carboxylic acids is 1. The molecule has 0 aliphatic heterocycles. The van der Waals surface area contributed by atoms with Crippen LogP contribution in [-0.4, -0.2) is 21.6 Å². The third-order valence-corrected chi connectivity index (χ3v) is 6.78. The van der Waals surface area contributed by atoms with E-state index in [1.165, 1.54) is 11.3 Å². The van der Waals surface area contributed by atoms with E-state index in [-0.39, 0.29) is 5.91 Å². The van der Waals surface area contributed by atoms with Gasteiger partial charge in [0.15, 0.2) is 5.13 Å². The first kappa shape index (κ1) is 20.8. The van der Waals surface area contributed by atoms with Crippen LogP contribution >= 0.6 is 34.7 Å². The third-order valence-electron chi connectivity index (χ3n) is 4.58. The van der Waals surface area contributed by atoms with Gasteiger partial charge in [-0.15, -0.1) is 11.8 Å². The molecule has 0 fully saturated rings. The molecule has 2 heterocycles. The Hall–Kier alpha value is -2.41. The monoisotopic (exact) mass is 453 g/mol. The average molecular weight is 454 g/mol. The summed E-state index contributed by atoms with van der Waals surface area (Å²) in [6.45, 7) is 4.41. The molecule has 2 aromatic carbocycles. The first-order chi connectivity index (χ1) is 14.6. The van der Waals surface area contributed by atoms with Crippen molar-refractivity contribution in [2.45, 2.75) is 25.3 Å². The lowest BCUT2D eigenvalue weighted by atomic mass is 10.2. The maximum Gasteiger partial charge on any atom is 0.261 e. The second-order valence-electron chi connectivity index (χ2n) is 6.71. The molecule has 0 bridgehead atoms. The molecule has 152 valence electrons. The predicted octanol–water partition coefficient (Wildman–Crippen LogP) is 6.61. The van der Waals surface area contributed by atoms with E-state index < -0.39 is 0 Å². The average Bonchev–Trinajstić information content (AvgIpc) is 3.17. The van der Waals surface area contributed by atoms with Gasteiger partial charge < -0.3 is 0 Å². The zero-order chi connectivity index (χ0) is 21.1. The Morgan fingerprint density at radius 1 is 1.17 bits per heavy atom. The molecule has 0 saturated carbocycles. The van der Waals surface area contributed by atoms with Gasteiger partial charge in [0.2, 0.25) is 0 Å². The van der Waals surface area contributed by atoms with Crippen LogP contribution in [0.5, 0.6) is 0 Å². The number of hydrogen-bond acceptors (Lipinski definition) is 5. The first-order valence-corrected chi connectivity index (χ1v) is 11.7. The van der Waals surface area contributed by atoms with E-state index in [2.05, 4.69) is 11.9 Å². The van der Waals surface area contributed by atoms with Gasteiger partial charge in [0.25, 0.3) is 5.91 Å². The van der Waals surface area contributed by atoms with Crippen molar-refractivity contribution in [3.8, 4) is 0 Å². The number of benzene rings is 2. The lowest BCUT2D eigenvalue weighted by Crippen LogP contribution is -2.31. The van der Waals surface area contributed by atoms with Gasteiger partial charge in [-0.3, -0.25) is 14.7 Å². The fraction of sp³-hybridized carbons (Fsp3) is 0.174. The molecule has 0 aliphatic rings. The summed E-state index contributed by atoms with van der Waals surface area (Å²) >= 11 is 9.37. The molecule has 7 heteroatoms. The number of halogens is 1. The highest BCUT2D eigenvalue weighted by atomic mass is 35.5. The molecule has 30 heavy (non-hydrogen) atoms. The summed E-state index contributed by atoms with van der Waals surface area (Å²) in [5.41, 5.74) is 3.34. The quantitative estimate of drug-likeness (QED) is 0.308. The molecule has 4 nitrogen and oxygen atoms in total. The molecule has 1 amide bonds. The van der Waals surface area contributed by atoms with Gasteiger partial charge in [-0.1, -0.05) is 48.1 Å². The first-order valence-electron chi connectivity index (χ1n) is 9.57. The van der Waals surface area contributed by atoms with E-state index in [9.17, 15) is 4.79 Å². The van der Waals surface area contributed by atoms with Gasteiger partial charge in [0, 0.05) is 16.1 Å². The van der Waals surface area contributed by atoms with Gasteiger partial charge in [0.1, 0.15) is 0 Å². The molecular weight excluding hydrogens is 434 g/mol. The van der Waals surface area contributed by atoms with Crippen LogP contribution in [0, 0.1) is 6.92 Å². The number of anilines is 1. The Balaban J connectivity index is 1.81. The highest BCUT2D eigenvalue weighted by molar-refractivity contribution is 7.99.